The topological polar surface area (TPSA) is 106 Å². The molecule has 1 aromatic carbocycles. The Labute approximate surface area is 137 Å². The van der Waals surface area contributed by atoms with Crippen molar-refractivity contribution >= 4 is 16.9 Å². The summed E-state index contributed by atoms with van der Waals surface area (Å²) in [5, 5.41) is 13.2. The van der Waals surface area contributed by atoms with Crippen LogP contribution in [0.15, 0.2) is 48.9 Å². The second-order valence-electron chi connectivity index (χ2n) is 5.48. The van der Waals surface area contributed by atoms with Gasteiger partial charge in [0.2, 0.25) is 0 Å². The van der Waals surface area contributed by atoms with Crippen LogP contribution in [0.3, 0.4) is 0 Å². The highest BCUT2D eigenvalue weighted by Crippen LogP contribution is 2.29. The lowest BCUT2D eigenvalue weighted by Crippen LogP contribution is -2.01. The van der Waals surface area contributed by atoms with E-state index in [9.17, 15) is 0 Å². The molecule has 0 spiro atoms. The molecule has 0 bridgehead atoms. The lowest BCUT2D eigenvalue weighted by Gasteiger charge is -2.04. The van der Waals surface area contributed by atoms with E-state index in [2.05, 4.69) is 20.1 Å². The summed E-state index contributed by atoms with van der Waals surface area (Å²) in [5.74, 6) is 1.10. The quantitative estimate of drug-likeness (QED) is 0.534. The van der Waals surface area contributed by atoms with Crippen molar-refractivity contribution in [2.75, 3.05) is 12.3 Å². The van der Waals surface area contributed by atoms with Crippen LogP contribution in [0, 0.1) is 0 Å². The molecule has 24 heavy (non-hydrogen) atoms. The van der Waals surface area contributed by atoms with Crippen molar-refractivity contribution in [1.29, 1.82) is 0 Å². The van der Waals surface area contributed by atoms with E-state index in [0.29, 0.717) is 18.2 Å². The maximum absolute atomic E-state index is 9.00. The van der Waals surface area contributed by atoms with Crippen LogP contribution in [0.5, 0.6) is 0 Å². The highest BCUT2D eigenvalue weighted by Gasteiger charge is 2.12. The number of nitrogen functional groups attached to an aromatic ring is 1. The Morgan fingerprint density at radius 3 is 2.88 bits per heavy atom. The fourth-order valence-electron chi connectivity index (χ4n) is 2.64. The number of benzene rings is 1. The molecule has 0 unspecified atom stereocenters. The largest absolute Gasteiger partial charge is 0.394 e. The number of aromatic amines is 1. The molecule has 0 saturated heterocycles. The molecule has 3 aromatic heterocycles. The average molecular weight is 320 g/mol. The first kappa shape index (κ1) is 14.4. The highest BCUT2D eigenvalue weighted by molar-refractivity contribution is 5.83. The third-order valence-electron chi connectivity index (χ3n) is 3.86. The Kier molecular flexibility index (Phi) is 3.47. The number of rotatable bonds is 4. The zero-order valence-electron chi connectivity index (χ0n) is 12.8. The van der Waals surface area contributed by atoms with E-state index < -0.39 is 0 Å². The van der Waals surface area contributed by atoms with E-state index in [-0.39, 0.29) is 6.61 Å². The number of para-hydroxylation sites is 2. The van der Waals surface area contributed by atoms with E-state index in [4.69, 9.17) is 10.8 Å². The number of nitrogens with one attached hydrogen (secondary N) is 1. The number of pyridine rings is 1. The SMILES string of the molecule is Nc1ncc(-c2cnn(CCO)c2)cc1-c1nc2ccccc2[nH]1. The first-order valence-corrected chi connectivity index (χ1v) is 7.59. The van der Waals surface area contributed by atoms with Crippen molar-refractivity contribution in [2.45, 2.75) is 6.54 Å². The molecule has 7 nitrogen and oxygen atoms in total. The van der Waals surface area contributed by atoms with Gasteiger partial charge in [-0.25, -0.2) is 9.97 Å². The molecule has 4 aromatic rings. The minimum absolute atomic E-state index is 0.0470. The number of anilines is 1. The number of aliphatic hydroxyl groups is 1. The van der Waals surface area contributed by atoms with Crippen LogP contribution < -0.4 is 5.73 Å². The van der Waals surface area contributed by atoms with Crippen LogP contribution in [0.4, 0.5) is 5.82 Å². The van der Waals surface area contributed by atoms with Crippen LogP contribution in [0.2, 0.25) is 0 Å². The number of H-pyrrole nitrogens is 1. The standard InChI is InChI=1S/C17H16N6O/c18-16-13(17-21-14-3-1-2-4-15(14)22-17)7-11(8-19-16)12-9-20-23(10-12)5-6-24/h1-4,7-10,24H,5-6H2,(H2,18,19)(H,21,22). The minimum Gasteiger partial charge on any atom is -0.394 e. The van der Waals surface area contributed by atoms with Gasteiger partial charge < -0.3 is 15.8 Å². The summed E-state index contributed by atoms with van der Waals surface area (Å²) in [4.78, 5) is 12.1. The molecular formula is C17H16N6O. The van der Waals surface area contributed by atoms with Gasteiger partial charge in [-0.1, -0.05) is 12.1 Å². The lowest BCUT2D eigenvalue weighted by atomic mass is 10.1. The number of aliphatic hydroxyl groups excluding tert-OH is 1. The van der Waals surface area contributed by atoms with Crippen LogP contribution in [0.25, 0.3) is 33.5 Å². The first-order chi connectivity index (χ1) is 11.7. The Morgan fingerprint density at radius 1 is 1.17 bits per heavy atom. The average Bonchev–Trinajstić information content (AvgIpc) is 3.22. The predicted molar refractivity (Wildman–Crippen MR) is 92.0 cm³/mol. The first-order valence-electron chi connectivity index (χ1n) is 7.59. The molecule has 0 aliphatic rings. The Morgan fingerprint density at radius 2 is 2.04 bits per heavy atom. The Bertz CT molecular complexity index is 970. The molecule has 0 radical (unpaired) electrons. The third-order valence-corrected chi connectivity index (χ3v) is 3.86. The normalized spacial score (nSPS) is 11.2. The smallest absolute Gasteiger partial charge is 0.142 e. The van der Waals surface area contributed by atoms with Gasteiger partial charge >= 0.3 is 0 Å². The summed E-state index contributed by atoms with van der Waals surface area (Å²) in [6, 6.07) is 9.76. The van der Waals surface area contributed by atoms with Gasteiger partial charge in [0, 0.05) is 23.5 Å². The molecule has 7 heteroatoms. The minimum atomic E-state index is 0.0470. The summed E-state index contributed by atoms with van der Waals surface area (Å²) in [7, 11) is 0. The molecule has 0 aliphatic carbocycles. The van der Waals surface area contributed by atoms with Crippen molar-refractivity contribution in [1.82, 2.24) is 24.7 Å². The Balaban J connectivity index is 1.77. The van der Waals surface area contributed by atoms with Gasteiger partial charge in [0.15, 0.2) is 0 Å². The summed E-state index contributed by atoms with van der Waals surface area (Å²) < 4.78 is 1.69. The molecule has 4 rings (SSSR count). The van der Waals surface area contributed by atoms with Crippen molar-refractivity contribution in [3.63, 3.8) is 0 Å². The molecule has 0 atom stereocenters. The molecular weight excluding hydrogens is 304 g/mol. The molecule has 0 amide bonds. The molecule has 0 fully saturated rings. The predicted octanol–water partition coefficient (Wildman–Crippen LogP) is 2.06. The number of nitrogens with zero attached hydrogens (tertiary/aromatic N) is 4. The van der Waals surface area contributed by atoms with E-state index in [1.165, 1.54) is 0 Å². The fraction of sp³-hybridized carbons (Fsp3) is 0.118. The number of aromatic nitrogens is 5. The highest BCUT2D eigenvalue weighted by atomic mass is 16.3. The third kappa shape index (κ3) is 2.50. The lowest BCUT2D eigenvalue weighted by molar-refractivity contribution is 0.269. The van der Waals surface area contributed by atoms with Gasteiger partial charge in [-0.15, -0.1) is 0 Å². The van der Waals surface area contributed by atoms with Gasteiger partial charge in [0.25, 0.3) is 0 Å². The summed E-state index contributed by atoms with van der Waals surface area (Å²) >= 11 is 0. The van der Waals surface area contributed by atoms with Gasteiger partial charge in [0.05, 0.1) is 35.9 Å². The molecule has 0 saturated carbocycles. The summed E-state index contributed by atoms with van der Waals surface area (Å²) in [5.41, 5.74) is 10.4. The molecule has 120 valence electrons. The molecule has 4 N–H and O–H groups in total. The summed E-state index contributed by atoms with van der Waals surface area (Å²) in [6.07, 6.45) is 5.32. The van der Waals surface area contributed by atoms with Crippen molar-refractivity contribution in [3.8, 4) is 22.5 Å². The second-order valence-corrected chi connectivity index (χ2v) is 5.48. The van der Waals surface area contributed by atoms with Gasteiger partial charge in [0.1, 0.15) is 11.6 Å². The zero-order valence-corrected chi connectivity index (χ0v) is 12.8. The maximum Gasteiger partial charge on any atom is 0.142 e. The number of hydrogen-bond donors (Lipinski definition) is 3. The van der Waals surface area contributed by atoms with Crippen molar-refractivity contribution < 1.29 is 5.11 Å². The van der Waals surface area contributed by atoms with Gasteiger partial charge in [-0.2, -0.15) is 5.10 Å². The van der Waals surface area contributed by atoms with Crippen LogP contribution in [-0.4, -0.2) is 36.4 Å². The van der Waals surface area contributed by atoms with E-state index in [1.807, 2.05) is 36.5 Å². The van der Waals surface area contributed by atoms with Crippen LogP contribution >= 0.6 is 0 Å². The summed E-state index contributed by atoms with van der Waals surface area (Å²) in [6.45, 7) is 0.504. The van der Waals surface area contributed by atoms with Crippen molar-refractivity contribution in [2.24, 2.45) is 0 Å². The Hall–Kier alpha value is -3.19. The number of nitrogens with two attached hydrogens (primary N) is 1. The van der Waals surface area contributed by atoms with Crippen LogP contribution in [-0.2, 0) is 6.54 Å². The van der Waals surface area contributed by atoms with Gasteiger partial charge in [-0.3, -0.25) is 4.68 Å². The number of fused-ring (bicyclic) bond motifs is 1. The second kappa shape index (κ2) is 5.78. The van der Waals surface area contributed by atoms with Crippen LogP contribution in [0.1, 0.15) is 0 Å². The number of hydrogen-bond acceptors (Lipinski definition) is 5. The zero-order chi connectivity index (χ0) is 16.5. The van der Waals surface area contributed by atoms with E-state index in [0.717, 1.165) is 27.7 Å². The molecule has 0 aliphatic heterocycles. The van der Waals surface area contributed by atoms with E-state index >= 15 is 0 Å². The molecule has 3 heterocycles. The fourth-order valence-corrected chi connectivity index (χ4v) is 2.64. The van der Waals surface area contributed by atoms with Crippen molar-refractivity contribution in [3.05, 3.63) is 48.9 Å². The monoisotopic (exact) mass is 320 g/mol. The van der Waals surface area contributed by atoms with E-state index in [1.54, 1.807) is 17.1 Å². The number of imidazole rings is 1. The maximum atomic E-state index is 9.00. The van der Waals surface area contributed by atoms with Gasteiger partial charge in [-0.05, 0) is 18.2 Å².